The van der Waals surface area contributed by atoms with Crippen molar-refractivity contribution in [1.82, 2.24) is 19.5 Å². The molecule has 4 aromatic carbocycles. The summed E-state index contributed by atoms with van der Waals surface area (Å²) in [5.74, 6) is 0.880. The van der Waals surface area contributed by atoms with Crippen molar-refractivity contribution < 1.29 is 18.9 Å². The van der Waals surface area contributed by atoms with E-state index in [1.165, 1.54) is 6.33 Å². The quantitative estimate of drug-likeness (QED) is 0.143. The molecular weight excluding hydrogens is 598 g/mol. The van der Waals surface area contributed by atoms with Gasteiger partial charge in [0, 0.05) is 18.6 Å². The van der Waals surface area contributed by atoms with Crippen molar-refractivity contribution in [2.24, 2.45) is 0 Å². The molecule has 1 aliphatic rings. The molecule has 3 heterocycles. The Morgan fingerprint density at radius 1 is 0.804 bits per heavy atom. The van der Waals surface area contributed by atoms with Crippen LogP contribution in [0, 0.1) is 0 Å². The molecule has 1 saturated heterocycles. The van der Waals surface area contributed by atoms with Gasteiger partial charge in [-0.15, -0.1) is 0 Å². The molecule has 2 N–H and O–H groups in total. The number of thiocarbonyl (C=S) groups is 1. The molecule has 0 unspecified atom stereocenters. The van der Waals surface area contributed by atoms with Crippen LogP contribution in [0.25, 0.3) is 11.2 Å². The van der Waals surface area contributed by atoms with Gasteiger partial charge in [-0.1, -0.05) is 109 Å². The van der Waals surface area contributed by atoms with E-state index >= 15 is 0 Å². The van der Waals surface area contributed by atoms with E-state index in [1.807, 2.05) is 89.5 Å². The Hall–Kier alpha value is -5.16. The summed E-state index contributed by atoms with van der Waals surface area (Å²) in [6.07, 6.45) is 1.94. The maximum atomic E-state index is 7.11. The number of benzene rings is 4. The molecule has 7 rings (SSSR count). The van der Waals surface area contributed by atoms with Gasteiger partial charge in [-0.05, 0) is 28.8 Å². The summed E-state index contributed by atoms with van der Waals surface area (Å²) in [6.45, 7) is 0.164. The summed E-state index contributed by atoms with van der Waals surface area (Å²) >= 11 is 5.55. The van der Waals surface area contributed by atoms with Crippen molar-refractivity contribution in [2.45, 2.75) is 30.5 Å². The molecule has 0 bridgehead atoms. The Kier molecular flexibility index (Phi) is 8.39. The number of hydrogen-bond donors (Lipinski definition) is 1. The van der Waals surface area contributed by atoms with Crippen LogP contribution in [0.4, 0.5) is 5.82 Å². The summed E-state index contributed by atoms with van der Waals surface area (Å²) in [5.41, 5.74) is 9.14. The van der Waals surface area contributed by atoms with Gasteiger partial charge in [-0.25, -0.2) is 15.0 Å². The van der Waals surface area contributed by atoms with E-state index in [2.05, 4.69) is 51.4 Å². The van der Waals surface area contributed by atoms with Crippen LogP contribution in [0.5, 0.6) is 5.75 Å². The van der Waals surface area contributed by atoms with Gasteiger partial charge in [0.05, 0.1) is 12.9 Å². The first kappa shape index (κ1) is 29.5. The molecule has 0 radical (unpaired) electrons. The third kappa shape index (κ3) is 5.81. The van der Waals surface area contributed by atoms with E-state index in [0.717, 1.165) is 16.7 Å². The minimum Gasteiger partial charge on any atom is -0.450 e. The lowest BCUT2D eigenvalue weighted by molar-refractivity contribution is -0.0925. The largest absolute Gasteiger partial charge is 0.450 e. The number of nitrogens with two attached hydrogens (primary N) is 1. The van der Waals surface area contributed by atoms with E-state index < -0.39 is 24.0 Å². The Labute approximate surface area is 271 Å². The van der Waals surface area contributed by atoms with Gasteiger partial charge in [0.25, 0.3) is 0 Å². The minimum atomic E-state index is -0.944. The van der Waals surface area contributed by atoms with Crippen molar-refractivity contribution >= 4 is 34.4 Å². The highest BCUT2D eigenvalue weighted by Crippen LogP contribution is 2.42. The molecule has 1 fully saturated rings. The molecule has 0 amide bonds. The maximum absolute atomic E-state index is 7.11. The van der Waals surface area contributed by atoms with Crippen molar-refractivity contribution in [3.05, 3.63) is 151 Å². The summed E-state index contributed by atoms with van der Waals surface area (Å²) in [7, 11) is 0. The van der Waals surface area contributed by atoms with Crippen molar-refractivity contribution in [3.63, 3.8) is 0 Å². The normalized spacial score (nSPS) is 18.0. The number of nitrogens with zero attached hydrogens (tertiary/aromatic N) is 4. The number of ether oxygens (including phenoxy) is 4. The van der Waals surface area contributed by atoms with Crippen molar-refractivity contribution in [2.75, 3.05) is 12.3 Å². The van der Waals surface area contributed by atoms with E-state index in [9.17, 15) is 0 Å². The van der Waals surface area contributed by atoms with E-state index in [-0.39, 0.29) is 11.8 Å². The average Bonchev–Trinajstić information content (AvgIpc) is 3.72. The molecule has 0 aliphatic carbocycles. The SMILES string of the molecule is Nc1ncnc2c1ncn2[C@H]1C[C@H](OC(=S)Oc2ccccc2)[C@@H](COC(c2ccccc2)(c2ccccc2)c2ccccc2)O1. The summed E-state index contributed by atoms with van der Waals surface area (Å²) in [6, 6.07) is 39.9. The number of anilines is 1. The zero-order valence-electron chi connectivity index (χ0n) is 24.8. The van der Waals surface area contributed by atoms with Gasteiger partial charge in [0.1, 0.15) is 41.6 Å². The second-order valence-electron chi connectivity index (χ2n) is 10.9. The third-order valence-electron chi connectivity index (χ3n) is 8.07. The summed E-state index contributed by atoms with van der Waals surface area (Å²) in [5, 5.41) is -0.00653. The highest BCUT2D eigenvalue weighted by atomic mass is 32.1. The van der Waals surface area contributed by atoms with Crippen LogP contribution < -0.4 is 10.5 Å². The first-order valence-corrected chi connectivity index (χ1v) is 15.3. The van der Waals surface area contributed by atoms with Gasteiger partial charge in [-0.2, -0.15) is 0 Å². The number of para-hydroxylation sites is 1. The van der Waals surface area contributed by atoms with Crippen LogP contribution in [-0.4, -0.2) is 43.6 Å². The van der Waals surface area contributed by atoms with Crippen LogP contribution in [-0.2, 0) is 19.8 Å². The number of aromatic nitrogens is 4. The lowest BCUT2D eigenvalue weighted by Gasteiger charge is -2.37. The lowest BCUT2D eigenvalue weighted by Crippen LogP contribution is -2.39. The molecule has 6 aromatic rings. The average molecular weight is 630 g/mol. The molecule has 230 valence electrons. The number of rotatable bonds is 9. The maximum Gasteiger partial charge on any atom is 0.358 e. The molecule has 2 aromatic heterocycles. The molecular formula is C36H31N5O4S. The minimum absolute atomic E-state index is 0.00653. The highest BCUT2D eigenvalue weighted by Gasteiger charge is 2.44. The third-order valence-corrected chi connectivity index (χ3v) is 8.25. The molecule has 3 atom stereocenters. The Bertz CT molecular complexity index is 1810. The Balaban J connectivity index is 1.24. The second kappa shape index (κ2) is 13.1. The molecule has 0 spiro atoms. The molecule has 46 heavy (non-hydrogen) atoms. The monoisotopic (exact) mass is 629 g/mol. The van der Waals surface area contributed by atoms with Gasteiger partial charge in [0.2, 0.25) is 0 Å². The Morgan fingerprint density at radius 3 is 1.96 bits per heavy atom. The number of nitrogen functional groups attached to an aromatic ring is 1. The van der Waals surface area contributed by atoms with Gasteiger partial charge < -0.3 is 24.7 Å². The lowest BCUT2D eigenvalue weighted by atomic mass is 9.80. The zero-order valence-corrected chi connectivity index (χ0v) is 25.6. The zero-order chi connectivity index (χ0) is 31.3. The van der Waals surface area contributed by atoms with E-state index in [4.69, 9.17) is 36.9 Å². The van der Waals surface area contributed by atoms with E-state index in [1.54, 1.807) is 6.33 Å². The van der Waals surface area contributed by atoms with Crippen molar-refractivity contribution in [1.29, 1.82) is 0 Å². The second-order valence-corrected chi connectivity index (χ2v) is 11.2. The van der Waals surface area contributed by atoms with Crippen LogP contribution in [0.3, 0.4) is 0 Å². The molecule has 1 aliphatic heterocycles. The highest BCUT2D eigenvalue weighted by molar-refractivity contribution is 7.79. The molecule has 0 saturated carbocycles. The predicted octanol–water partition coefficient (Wildman–Crippen LogP) is 6.45. The van der Waals surface area contributed by atoms with Gasteiger partial charge >= 0.3 is 5.24 Å². The predicted molar refractivity (Wildman–Crippen MR) is 178 cm³/mol. The topological polar surface area (TPSA) is 107 Å². The van der Waals surface area contributed by atoms with Crippen LogP contribution in [0.1, 0.15) is 29.3 Å². The number of fused-ring (bicyclic) bond motifs is 1. The van der Waals surface area contributed by atoms with Crippen LogP contribution >= 0.6 is 12.2 Å². The van der Waals surface area contributed by atoms with Crippen molar-refractivity contribution in [3.8, 4) is 5.75 Å². The van der Waals surface area contributed by atoms with E-state index in [0.29, 0.717) is 29.2 Å². The number of imidazole rings is 1. The van der Waals surface area contributed by atoms with Crippen LogP contribution in [0.2, 0.25) is 0 Å². The number of hydrogen-bond acceptors (Lipinski definition) is 9. The molecule has 9 nitrogen and oxygen atoms in total. The standard InChI is InChI=1S/C36H31N5O4S/c37-33-32-34(39-23-38-33)41(24-40-32)31-21-29(45-35(46)43-28-19-11-4-12-20-28)30(44-31)22-42-36(25-13-5-1-6-14-25,26-15-7-2-8-16-26)27-17-9-3-10-18-27/h1-20,23-24,29-31H,21-22H2,(H2,37,38,39)/t29-,30+,31+/m0/s1. The van der Waals surface area contributed by atoms with Gasteiger partial charge in [0.15, 0.2) is 11.5 Å². The molecule has 10 heteroatoms. The fourth-order valence-electron chi connectivity index (χ4n) is 5.93. The van der Waals surface area contributed by atoms with Gasteiger partial charge in [-0.3, -0.25) is 4.57 Å². The summed E-state index contributed by atoms with van der Waals surface area (Å²) in [4.78, 5) is 12.9. The van der Waals surface area contributed by atoms with Crippen LogP contribution in [0.15, 0.2) is 134 Å². The first-order valence-electron chi connectivity index (χ1n) is 14.9. The smallest absolute Gasteiger partial charge is 0.358 e. The fraction of sp³-hybridized carbons (Fsp3) is 0.167. The Morgan fingerprint density at radius 2 is 1.37 bits per heavy atom. The first-order chi connectivity index (χ1) is 22.6. The fourth-order valence-corrected chi connectivity index (χ4v) is 6.15. The summed E-state index contributed by atoms with van der Waals surface area (Å²) < 4.78 is 27.8.